The molecule has 6 rings (SSSR count). The first-order valence-electron chi connectivity index (χ1n) is 9.41. The molecular formula is C24H18Br2S2. The standard InChI is InChI=1S/C24H18Br2S2/c1-23(2)15-7-11-6-14-16(24(3,4)18-10-20(26)28-22(14)18)8-12(11)5-13(15)21-17(23)9-19(25)27-21/h5-10H,1-4H3. The number of hydrogen-bond acceptors (Lipinski definition) is 2. The minimum Gasteiger partial charge on any atom is -0.128 e. The minimum atomic E-state index is 0.0524. The maximum absolute atomic E-state index is 3.70. The van der Waals surface area contributed by atoms with E-state index in [1.54, 1.807) is 0 Å². The number of benzene rings is 2. The van der Waals surface area contributed by atoms with E-state index >= 15 is 0 Å². The number of fused-ring (bicyclic) bond motifs is 7. The van der Waals surface area contributed by atoms with Crippen LogP contribution >= 0.6 is 54.5 Å². The van der Waals surface area contributed by atoms with Crippen molar-refractivity contribution in [2.75, 3.05) is 0 Å². The fourth-order valence-corrected chi connectivity index (χ4v) is 8.68. The second-order valence-electron chi connectivity index (χ2n) is 8.98. The molecule has 2 heterocycles. The fraction of sp³-hybridized carbons (Fsp3) is 0.250. The first-order valence-corrected chi connectivity index (χ1v) is 12.6. The summed E-state index contributed by atoms with van der Waals surface area (Å²) in [5, 5.41) is 2.71. The van der Waals surface area contributed by atoms with Crippen molar-refractivity contribution in [1.82, 2.24) is 0 Å². The van der Waals surface area contributed by atoms with Gasteiger partial charge in [-0.25, -0.2) is 0 Å². The van der Waals surface area contributed by atoms with Crippen LogP contribution in [0.2, 0.25) is 0 Å². The summed E-state index contributed by atoms with van der Waals surface area (Å²) in [4.78, 5) is 2.85. The van der Waals surface area contributed by atoms with Crippen molar-refractivity contribution in [3.63, 3.8) is 0 Å². The van der Waals surface area contributed by atoms with Crippen LogP contribution in [0.3, 0.4) is 0 Å². The molecule has 0 amide bonds. The molecule has 0 atom stereocenters. The zero-order valence-electron chi connectivity index (χ0n) is 16.0. The molecular weight excluding hydrogens is 512 g/mol. The molecule has 2 aliphatic rings. The van der Waals surface area contributed by atoms with Crippen LogP contribution in [-0.2, 0) is 10.8 Å². The average Bonchev–Trinajstić information content (AvgIpc) is 3.30. The van der Waals surface area contributed by atoms with Gasteiger partial charge < -0.3 is 0 Å². The van der Waals surface area contributed by atoms with Gasteiger partial charge in [0.25, 0.3) is 0 Å². The fourth-order valence-electron chi connectivity index (χ4n) is 5.10. The van der Waals surface area contributed by atoms with Gasteiger partial charge >= 0.3 is 0 Å². The topological polar surface area (TPSA) is 0 Å². The molecule has 0 saturated heterocycles. The van der Waals surface area contributed by atoms with Gasteiger partial charge in [0.1, 0.15) is 0 Å². The van der Waals surface area contributed by atoms with E-state index in [2.05, 4.69) is 96.0 Å². The van der Waals surface area contributed by atoms with Gasteiger partial charge in [-0.15, -0.1) is 22.7 Å². The minimum absolute atomic E-state index is 0.0524. The molecule has 0 spiro atoms. The van der Waals surface area contributed by atoms with Crippen LogP contribution in [0.5, 0.6) is 0 Å². The molecule has 0 bridgehead atoms. The zero-order valence-corrected chi connectivity index (χ0v) is 20.8. The van der Waals surface area contributed by atoms with E-state index in [-0.39, 0.29) is 10.8 Å². The van der Waals surface area contributed by atoms with Gasteiger partial charge in [0.2, 0.25) is 0 Å². The van der Waals surface area contributed by atoms with Gasteiger partial charge in [0.15, 0.2) is 0 Å². The molecule has 0 saturated carbocycles. The smallest absolute Gasteiger partial charge is 0.0708 e. The molecule has 4 aromatic rings. The van der Waals surface area contributed by atoms with Gasteiger partial charge in [0, 0.05) is 20.6 Å². The lowest BCUT2D eigenvalue weighted by Crippen LogP contribution is -2.15. The van der Waals surface area contributed by atoms with E-state index in [0.717, 1.165) is 0 Å². The molecule has 4 heteroatoms. The summed E-state index contributed by atoms with van der Waals surface area (Å²) in [5.41, 5.74) is 8.75. The van der Waals surface area contributed by atoms with Crippen molar-refractivity contribution in [2.45, 2.75) is 38.5 Å². The van der Waals surface area contributed by atoms with Gasteiger partial charge in [-0.3, -0.25) is 0 Å². The Balaban J connectivity index is 1.67. The highest BCUT2D eigenvalue weighted by atomic mass is 79.9. The molecule has 140 valence electrons. The highest BCUT2D eigenvalue weighted by Gasteiger charge is 2.40. The first kappa shape index (κ1) is 17.9. The summed E-state index contributed by atoms with van der Waals surface area (Å²) >= 11 is 11.1. The quantitative estimate of drug-likeness (QED) is 0.213. The van der Waals surface area contributed by atoms with E-state index in [9.17, 15) is 0 Å². The summed E-state index contributed by atoms with van der Waals surface area (Å²) in [5.74, 6) is 0. The molecule has 0 N–H and O–H groups in total. The van der Waals surface area contributed by atoms with E-state index in [1.165, 1.54) is 61.5 Å². The SMILES string of the molecule is CC1(C)c2cc3cc4c(cc3cc2-c2sc(Br)cc21)C(C)(C)c1cc(Br)sc1-4. The van der Waals surface area contributed by atoms with Crippen molar-refractivity contribution in [2.24, 2.45) is 0 Å². The van der Waals surface area contributed by atoms with Gasteiger partial charge in [-0.05, 0) is 112 Å². The Hall–Kier alpha value is -0.940. The Morgan fingerprint density at radius 2 is 0.964 bits per heavy atom. The third-order valence-corrected chi connectivity index (χ3v) is 10.0. The summed E-state index contributed by atoms with van der Waals surface area (Å²) < 4.78 is 2.45. The van der Waals surface area contributed by atoms with Crippen LogP contribution in [0, 0.1) is 0 Å². The number of hydrogen-bond donors (Lipinski definition) is 0. The molecule has 0 nitrogen and oxygen atoms in total. The molecule has 0 radical (unpaired) electrons. The monoisotopic (exact) mass is 528 g/mol. The third kappa shape index (κ3) is 2.10. The normalized spacial score (nSPS) is 17.5. The lowest BCUT2D eigenvalue weighted by Gasteiger charge is -2.23. The third-order valence-electron chi connectivity index (χ3n) is 6.70. The van der Waals surface area contributed by atoms with Gasteiger partial charge in [0.05, 0.1) is 7.57 Å². The van der Waals surface area contributed by atoms with Crippen LogP contribution in [0.25, 0.3) is 31.7 Å². The maximum Gasteiger partial charge on any atom is 0.0708 e. The van der Waals surface area contributed by atoms with Gasteiger partial charge in [-0.1, -0.05) is 27.7 Å². The maximum atomic E-state index is 3.70. The van der Waals surface area contributed by atoms with Crippen LogP contribution in [0.15, 0.2) is 44.0 Å². The lowest BCUT2D eigenvalue weighted by atomic mass is 9.80. The van der Waals surface area contributed by atoms with Gasteiger partial charge in [-0.2, -0.15) is 0 Å². The van der Waals surface area contributed by atoms with Crippen molar-refractivity contribution in [1.29, 1.82) is 0 Å². The van der Waals surface area contributed by atoms with E-state index in [0.29, 0.717) is 0 Å². The Morgan fingerprint density at radius 1 is 0.571 bits per heavy atom. The molecule has 2 aromatic carbocycles. The summed E-state index contributed by atoms with van der Waals surface area (Å²) in [6.07, 6.45) is 0. The van der Waals surface area contributed by atoms with E-state index < -0.39 is 0 Å². The predicted octanol–water partition coefficient (Wildman–Crippen LogP) is 9.10. The largest absolute Gasteiger partial charge is 0.128 e. The molecule has 0 aliphatic heterocycles. The summed E-state index contributed by atoms with van der Waals surface area (Å²) in [6.45, 7) is 9.42. The summed E-state index contributed by atoms with van der Waals surface area (Å²) in [6, 6.07) is 14.4. The lowest BCUT2D eigenvalue weighted by molar-refractivity contribution is 0.661. The molecule has 0 unspecified atom stereocenters. The van der Waals surface area contributed by atoms with Crippen molar-refractivity contribution in [3.05, 3.63) is 66.2 Å². The van der Waals surface area contributed by atoms with Crippen LogP contribution in [0.4, 0.5) is 0 Å². The number of rotatable bonds is 0. The Kier molecular flexibility index (Phi) is 3.45. The molecule has 2 aliphatic carbocycles. The Bertz CT molecular complexity index is 1230. The predicted molar refractivity (Wildman–Crippen MR) is 130 cm³/mol. The number of thiophene rings is 2. The molecule has 0 fully saturated rings. The highest BCUT2D eigenvalue weighted by Crippen LogP contribution is 2.57. The first-order chi connectivity index (χ1) is 13.2. The van der Waals surface area contributed by atoms with Crippen molar-refractivity contribution in [3.8, 4) is 20.9 Å². The summed E-state index contributed by atoms with van der Waals surface area (Å²) in [7, 11) is 0. The zero-order chi connectivity index (χ0) is 19.6. The average molecular weight is 530 g/mol. The van der Waals surface area contributed by atoms with Crippen LogP contribution in [-0.4, -0.2) is 0 Å². The van der Waals surface area contributed by atoms with Crippen molar-refractivity contribution < 1.29 is 0 Å². The number of halogens is 2. The van der Waals surface area contributed by atoms with E-state index in [1.807, 2.05) is 22.7 Å². The van der Waals surface area contributed by atoms with Crippen LogP contribution in [0.1, 0.15) is 49.9 Å². The van der Waals surface area contributed by atoms with E-state index in [4.69, 9.17) is 0 Å². The second-order valence-corrected chi connectivity index (χ2v) is 13.8. The Labute approximate surface area is 189 Å². The van der Waals surface area contributed by atoms with Crippen LogP contribution < -0.4 is 0 Å². The van der Waals surface area contributed by atoms with Crippen molar-refractivity contribution >= 4 is 65.3 Å². The Morgan fingerprint density at radius 3 is 1.36 bits per heavy atom. The molecule has 2 aromatic heterocycles. The second kappa shape index (κ2) is 5.40. The highest BCUT2D eigenvalue weighted by molar-refractivity contribution is 9.11. The molecule has 28 heavy (non-hydrogen) atoms.